The smallest absolute Gasteiger partial charge is 0.250 e. The highest BCUT2D eigenvalue weighted by Crippen LogP contribution is 2.31. The van der Waals surface area contributed by atoms with Crippen LogP contribution < -0.4 is 11.3 Å². The number of hydrogen-bond acceptors (Lipinski definition) is 3. The second kappa shape index (κ2) is 7.76. The first-order valence-corrected chi connectivity index (χ1v) is 8.32. The summed E-state index contributed by atoms with van der Waals surface area (Å²) in [5.74, 6) is 0. The van der Waals surface area contributed by atoms with Crippen molar-refractivity contribution in [2.45, 2.75) is 57.5 Å². The molecule has 0 amide bonds. The molecule has 0 saturated heterocycles. The van der Waals surface area contributed by atoms with Crippen molar-refractivity contribution in [3.8, 4) is 0 Å². The van der Waals surface area contributed by atoms with Gasteiger partial charge in [-0.05, 0) is 25.5 Å². The molecule has 21 heavy (non-hydrogen) atoms. The van der Waals surface area contributed by atoms with Crippen molar-refractivity contribution >= 4 is 0 Å². The van der Waals surface area contributed by atoms with Crippen molar-refractivity contribution in [2.75, 3.05) is 19.6 Å². The average molecular weight is 291 g/mol. The predicted octanol–water partition coefficient (Wildman–Crippen LogP) is 2.22. The minimum atomic E-state index is 0.0798. The number of nitrogens with zero attached hydrogens (tertiary/aromatic N) is 2. The molecule has 1 saturated carbocycles. The first kappa shape index (κ1) is 16.2. The van der Waals surface area contributed by atoms with Gasteiger partial charge in [-0.25, -0.2) is 0 Å². The number of rotatable bonds is 6. The maximum absolute atomic E-state index is 11.8. The quantitative estimate of drug-likeness (QED) is 0.818. The lowest BCUT2D eigenvalue weighted by Crippen LogP contribution is -2.54. The van der Waals surface area contributed by atoms with Crippen LogP contribution in [0.4, 0.5) is 0 Å². The maximum atomic E-state index is 11.8. The number of aromatic nitrogens is 1. The standard InChI is InChI=1S/C17H29N3O/c1-2-20(14-13-19-12-8-5-9-16(19)21)17(15-18)10-6-3-4-7-11-17/h5,8-9,12H,2-4,6-7,10-11,13-15,18H2,1H3. The van der Waals surface area contributed by atoms with Crippen LogP contribution in [0.5, 0.6) is 0 Å². The molecule has 2 N–H and O–H groups in total. The molecule has 0 aromatic carbocycles. The molecule has 1 aromatic heterocycles. The fraction of sp³-hybridized carbons (Fsp3) is 0.706. The van der Waals surface area contributed by atoms with E-state index >= 15 is 0 Å². The minimum absolute atomic E-state index is 0.0798. The summed E-state index contributed by atoms with van der Waals surface area (Å²) in [7, 11) is 0. The predicted molar refractivity (Wildman–Crippen MR) is 87.4 cm³/mol. The molecule has 1 aromatic rings. The lowest BCUT2D eigenvalue weighted by molar-refractivity contribution is 0.0793. The molecule has 2 rings (SSSR count). The Bertz CT molecular complexity index is 475. The van der Waals surface area contributed by atoms with Gasteiger partial charge in [-0.15, -0.1) is 0 Å². The normalized spacial score (nSPS) is 18.6. The van der Waals surface area contributed by atoms with E-state index in [1.54, 1.807) is 16.7 Å². The molecular weight excluding hydrogens is 262 g/mol. The number of likely N-dealkylation sites (N-methyl/N-ethyl adjacent to an activating group) is 1. The van der Waals surface area contributed by atoms with E-state index < -0.39 is 0 Å². The van der Waals surface area contributed by atoms with E-state index in [9.17, 15) is 4.79 Å². The zero-order valence-corrected chi connectivity index (χ0v) is 13.3. The Labute approximate surface area is 127 Å². The van der Waals surface area contributed by atoms with E-state index in [1.165, 1.54) is 38.5 Å². The lowest BCUT2D eigenvalue weighted by atomic mass is 9.88. The summed E-state index contributed by atoms with van der Waals surface area (Å²) >= 11 is 0. The number of nitrogens with two attached hydrogens (primary N) is 1. The second-order valence-corrected chi connectivity index (χ2v) is 6.15. The second-order valence-electron chi connectivity index (χ2n) is 6.15. The lowest BCUT2D eigenvalue weighted by Gasteiger charge is -2.43. The first-order chi connectivity index (χ1) is 10.2. The molecule has 0 aliphatic heterocycles. The molecule has 118 valence electrons. The molecule has 1 aliphatic rings. The number of hydrogen-bond donors (Lipinski definition) is 1. The van der Waals surface area contributed by atoms with Gasteiger partial charge in [0.1, 0.15) is 0 Å². The average Bonchev–Trinajstić information content (AvgIpc) is 2.76. The van der Waals surface area contributed by atoms with E-state index in [2.05, 4.69) is 11.8 Å². The molecule has 0 radical (unpaired) electrons. The van der Waals surface area contributed by atoms with Crippen LogP contribution in [0.3, 0.4) is 0 Å². The minimum Gasteiger partial charge on any atom is -0.329 e. The SMILES string of the molecule is CCN(CCn1ccccc1=O)C1(CN)CCCCCC1. The van der Waals surface area contributed by atoms with Crippen molar-refractivity contribution in [1.29, 1.82) is 0 Å². The molecule has 4 nitrogen and oxygen atoms in total. The van der Waals surface area contributed by atoms with Gasteiger partial charge in [0.05, 0.1) is 0 Å². The number of pyridine rings is 1. The van der Waals surface area contributed by atoms with Crippen LogP contribution in [0.25, 0.3) is 0 Å². The Balaban J connectivity index is 2.07. The van der Waals surface area contributed by atoms with E-state index in [4.69, 9.17) is 5.73 Å². The highest BCUT2D eigenvalue weighted by atomic mass is 16.1. The van der Waals surface area contributed by atoms with Gasteiger partial charge in [0, 0.05) is 37.4 Å². The summed E-state index contributed by atoms with van der Waals surface area (Å²) in [5, 5.41) is 0. The van der Waals surface area contributed by atoms with Crippen LogP contribution in [0.2, 0.25) is 0 Å². The Morgan fingerprint density at radius 2 is 1.95 bits per heavy atom. The summed E-state index contributed by atoms with van der Waals surface area (Å²) in [6.45, 7) is 5.58. The third-order valence-corrected chi connectivity index (χ3v) is 4.98. The van der Waals surface area contributed by atoms with Crippen molar-refractivity contribution < 1.29 is 0 Å². The largest absolute Gasteiger partial charge is 0.329 e. The van der Waals surface area contributed by atoms with Crippen LogP contribution in [-0.2, 0) is 6.54 Å². The van der Waals surface area contributed by atoms with Crippen molar-refractivity contribution in [2.24, 2.45) is 5.73 Å². The van der Waals surface area contributed by atoms with Gasteiger partial charge < -0.3 is 10.3 Å². The fourth-order valence-electron chi connectivity index (χ4n) is 3.64. The first-order valence-electron chi connectivity index (χ1n) is 8.32. The highest BCUT2D eigenvalue weighted by molar-refractivity contribution is 4.95. The van der Waals surface area contributed by atoms with Crippen LogP contribution in [0, 0.1) is 0 Å². The topological polar surface area (TPSA) is 51.3 Å². The van der Waals surface area contributed by atoms with E-state index in [0.717, 1.165) is 26.2 Å². The monoisotopic (exact) mass is 291 g/mol. The molecule has 0 spiro atoms. The Morgan fingerprint density at radius 1 is 1.24 bits per heavy atom. The van der Waals surface area contributed by atoms with Crippen molar-refractivity contribution in [3.63, 3.8) is 0 Å². The van der Waals surface area contributed by atoms with Gasteiger partial charge in [0.2, 0.25) is 0 Å². The van der Waals surface area contributed by atoms with Gasteiger partial charge in [-0.1, -0.05) is 38.7 Å². The summed E-state index contributed by atoms with van der Waals surface area (Å²) in [4.78, 5) is 14.3. The zero-order chi connectivity index (χ0) is 15.1. The van der Waals surface area contributed by atoms with Crippen LogP contribution >= 0.6 is 0 Å². The third kappa shape index (κ3) is 3.95. The summed E-state index contributed by atoms with van der Waals surface area (Å²) < 4.78 is 1.80. The van der Waals surface area contributed by atoms with E-state index in [0.29, 0.717) is 0 Å². The van der Waals surface area contributed by atoms with Gasteiger partial charge in [0.15, 0.2) is 0 Å². The van der Waals surface area contributed by atoms with E-state index in [-0.39, 0.29) is 11.1 Å². The van der Waals surface area contributed by atoms with Crippen molar-refractivity contribution in [1.82, 2.24) is 9.47 Å². The Hall–Kier alpha value is -1.13. The van der Waals surface area contributed by atoms with Gasteiger partial charge in [-0.2, -0.15) is 0 Å². The van der Waals surface area contributed by atoms with Crippen molar-refractivity contribution in [3.05, 3.63) is 34.7 Å². The van der Waals surface area contributed by atoms with Gasteiger partial charge >= 0.3 is 0 Å². The molecule has 0 unspecified atom stereocenters. The highest BCUT2D eigenvalue weighted by Gasteiger charge is 2.34. The van der Waals surface area contributed by atoms with Crippen LogP contribution in [0.15, 0.2) is 29.2 Å². The Morgan fingerprint density at radius 3 is 2.52 bits per heavy atom. The summed E-state index contributed by atoms with van der Waals surface area (Å²) in [6.07, 6.45) is 9.48. The molecule has 0 bridgehead atoms. The summed E-state index contributed by atoms with van der Waals surface area (Å²) in [5.41, 5.74) is 6.40. The zero-order valence-electron chi connectivity index (χ0n) is 13.3. The molecule has 1 heterocycles. The van der Waals surface area contributed by atoms with Gasteiger partial charge in [-0.3, -0.25) is 9.69 Å². The molecule has 1 aliphatic carbocycles. The van der Waals surface area contributed by atoms with Crippen LogP contribution in [-0.4, -0.2) is 34.6 Å². The maximum Gasteiger partial charge on any atom is 0.250 e. The molecule has 0 atom stereocenters. The molecular formula is C17H29N3O. The molecule has 1 fully saturated rings. The van der Waals surface area contributed by atoms with Gasteiger partial charge in [0.25, 0.3) is 5.56 Å². The fourth-order valence-corrected chi connectivity index (χ4v) is 3.64. The molecule has 4 heteroatoms. The summed E-state index contributed by atoms with van der Waals surface area (Å²) in [6, 6.07) is 5.34. The Kier molecular flexibility index (Phi) is 6.00. The van der Waals surface area contributed by atoms with E-state index in [1.807, 2.05) is 12.3 Å². The van der Waals surface area contributed by atoms with Crippen LogP contribution in [0.1, 0.15) is 45.4 Å². The third-order valence-electron chi connectivity index (χ3n) is 4.98.